The van der Waals surface area contributed by atoms with Crippen LogP contribution < -0.4 is 4.90 Å². The number of hydrogen-bond acceptors (Lipinski definition) is 2. The van der Waals surface area contributed by atoms with Crippen LogP contribution in [-0.4, -0.2) is 5.91 Å². The molecule has 0 aliphatic heterocycles. The first kappa shape index (κ1) is 16.6. The molecule has 1 aliphatic carbocycles. The van der Waals surface area contributed by atoms with Gasteiger partial charge in [0.2, 0.25) is 5.91 Å². The molecule has 1 amide bonds. The minimum atomic E-state index is -0.253. The van der Waals surface area contributed by atoms with E-state index < -0.39 is 0 Å². The first-order valence-corrected chi connectivity index (χ1v) is 8.78. The Balaban J connectivity index is 1.56. The van der Waals surface area contributed by atoms with Crippen LogP contribution in [0.25, 0.3) is 0 Å². The molecule has 132 valence electrons. The van der Waals surface area contributed by atoms with Crippen LogP contribution in [0.15, 0.2) is 71.3 Å². The molecule has 1 fully saturated rings. The first-order chi connectivity index (χ1) is 12.6. The zero-order valence-corrected chi connectivity index (χ0v) is 14.6. The second-order valence-corrected chi connectivity index (χ2v) is 6.84. The molecule has 4 heteroatoms. The van der Waals surface area contributed by atoms with Gasteiger partial charge in [0.05, 0.1) is 12.8 Å². The summed E-state index contributed by atoms with van der Waals surface area (Å²) in [7, 11) is 0. The average Bonchev–Trinajstić information content (AvgIpc) is 3.28. The standard InChI is InChI=1S/C22H20FNO2/c1-15-4-10-18(11-5-15)24(14-19-3-2-12-26-19)22(25)21-13-20(21)16-6-8-17(23)9-7-16/h2-12,20-21H,13-14H2,1H3. The van der Waals surface area contributed by atoms with Gasteiger partial charge in [-0.3, -0.25) is 4.79 Å². The molecule has 0 N–H and O–H groups in total. The Labute approximate surface area is 152 Å². The summed E-state index contributed by atoms with van der Waals surface area (Å²) in [6.45, 7) is 2.43. The van der Waals surface area contributed by atoms with E-state index in [2.05, 4.69) is 0 Å². The number of furan rings is 1. The number of aryl methyl sites for hydroxylation is 1. The van der Waals surface area contributed by atoms with Crippen molar-refractivity contribution in [2.24, 2.45) is 5.92 Å². The maximum absolute atomic E-state index is 13.2. The number of anilines is 1. The molecule has 3 nitrogen and oxygen atoms in total. The Hall–Kier alpha value is -2.88. The monoisotopic (exact) mass is 349 g/mol. The fraction of sp³-hybridized carbons (Fsp3) is 0.227. The van der Waals surface area contributed by atoms with Crippen LogP contribution in [0.5, 0.6) is 0 Å². The van der Waals surface area contributed by atoms with Crippen molar-refractivity contribution in [1.82, 2.24) is 0 Å². The minimum Gasteiger partial charge on any atom is -0.467 e. The van der Waals surface area contributed by atoms with Crippen LogP contribution in [0.2, 0.25) is 0 Å². The molecule has 1 aromatic heterocycles. The SMILES string of the molecule is Cc1ccc(N(Cc2ccco2)C(=O)C2CC2c2ccc(F)cc2)cc1. The van der Waals surface area contributed by atoms with Gasteiger partial charge in [-0.05, 0) is 61.2 Å². The van der Waals surface area contributed by atoms with Crippen LogP contribution in [0.3, 0.4) is 0 Å². The zero-order valence-electron chi connectivity index (χ0n) is 14.6. The summed E-state index contributed by atoms with van der Waals surface area (Å²) in [5.74, 6) is 0.665. The van der Waals surface area contributed by atoms with Crippen molar-refractivity contribution in [1.29, 1.82) is 0 Å². The summed E-state index contributed by atoms with van der Waals surface area (Å²) in [6.07, 6.45) is 2.41. The maximum atomic E-state index is 13.2. The largest absolute Gasteiger partial charge is 0.467 e. The molecular weight excluding hydrogens is 329 g/mol. The third kappa shape index (κ3) is 3.40. The molecule has 2 aromatic carbocycles. The molecule has 1 saturated carbocycles. The molecule has 0 saturated heterocycles. The maximum Gasteiger partial charge on any atom is 0.231 e. The fourth-order valence-electron chi connectivity index (χ4n) is 3.33. The number of carbonyl (C=O) groups is 1. The quantitative estimate of drug-likeness (QED) is 0.645. The lowest BCUT2D eigenvalue weighted by Crippen LogP contribution is -2.32. The van der Waals surface area contributed by atoms with Gasteiger partial charge in [0.25, 0.3) is 0 Å². The molecule has 2 unspecified atom stereocenters. The third-order valence-corrected chi connectivity index (χ3v) is 4.91. The van der Waals surface area contributed by atoms with E-state index in [1.165, 1.54) is 12.1 Å². The van der Waals surface area contributed by atoms with E-state index in [1.54, 1.807) is 23.3 Å². The molecule has 3 aromatic rings. The van der Waals surface area contributed by atoms with Crippen molar-refractivity contribution in [2.75, 3.05) is 4.90 Å². The summed E-state index contributed by atoms with van der Waals surface area (Å²) < 4.78 is 18.6. The second-order valence-electron chi connectivity index (χ2n) is 6.84. The predicted octanol–water partition coefficient (Wildman–Crippen LogP) is 5.06. The Kier molecular flexibility index (Phi) is 4.33. The normalized spacial score (nSPS) is 18.5. The van der Waals surface area contributed by atoms with E-state index in [9.17, 15) is 9.18 Å². The van der Waals surface area contributed by atoms with Gasteiger partial charge in [-0.25, -0.2) is 4.39 Å². The highest BCUT2D eigenvalue weighted by Crippen LogP contribution is 2.49. The van der Waals surface area contributed by atoms with E-state index in [-0.39, 0.29) is 23.6 Å². The molecule has 1 aliphatic rings. The summed E-state index contributed by atoms with van der Waals surface area (Å²) in [4.78, 5) is 15.0. The molecule has 26 heavy (non-hydrogen) atoms. The smallest absolute Gasteiger partial charge is 0.231 e. The van der Waals surface area contributed by atoms with Gasteiger partial charge >= 0.3 is 0 Å². The van der Waals surface area contributed by atoms with Gasteiger partial charge in [0.1, 0.15) is 11.6 Å². The van der Waals surface area contributed by atoms with E-state index in [0.717, 1.165) is 29.0 Å². The lowest BCUT2D eigenvalue weighted by Gasteiger charge is -2.22. The van der Waals surface area contributed by atoms with Crippen molar-refractivity contribution < 1.29 is 13.6 Å². The number of hydrogen-bond donors (Lipinski definition) is 0. The molecule has 2 atom stereocenters. The molecular formula is C22H20FNO2. The Morgan fingerprint density at radius 1 is 1.12 bits per heavy atom. The first-order valence-electron chi connectivity index (χ1n) is 8.78. The van der Waals surface area contributed by atoms with Crippen LogP contribution in [0.4, 0.5) is 10.1 Å². The Morgan fingerprint density at radius 3 is 2.50 bits per heavy atom. The number of rotatable bonds is 5. The topological polar surface area (TPSA) is 33.5 Å². The van der Waals surface area contributed by atoms with Gasteiger partial charge < -0.3 is 9.32 Å². The van der Waals surface area contributed by atoms with Crippen LogP contribution >= 0.6 is 0 Å². The Bertz CT molecular complexity index is 885. The molecule has 0 spiro atoms. The van der Waals surface area contributed by atoms with Crippen molar-refractivity contribution in [3.05, 3.63) is 89.6 Å². The number of amides is 1. The molecule has 0 bridgehead atoms. The highest BCUT2D eigenvalue weighted by atomic mass is 19.1. The summed E-state index contributed by atoms with van der Waals surface area (Å²) in [5, 5.41) is 0. The molecule has 1 heterocycles. The fourth-order valence-corrected chi connectivity index (χ4v) is 3.33. The third-order valence-electron chi connectivity index (χ3n) is 4.91. The van der Waals surface area contributed by atoms with Gasteiger partial charge in [-0.1, -0.05) is 29.8 Å². The highest BCUT2D eigenvalue weighted by molar-refractivity contribution is 5.97. The second kappa shape index (κ2) is 6.79. The van der Waals surface area contributed by atoms with Crippen molar-refractivity contribution >= 4 is 11.6 Å². The van der Waals surface area contributed by atoms with Gasteiger partial charge in [0.15, 0.2) is 0 Å². The van der Waals surface area contributed by atoms with Crippen LogP contribution in [0.1, 0.15) is 29.2 Å². The van der Waals surface area contributed by atoms with Crippen LogP contribution in [-0.2, 0) is 11.3 Å². The van der Waals surface area contributed by atoms with E-state index in [0.29, 0.717) is 6.54 Å². The summed E-state index contributed by atoms with van der Waals surface area (Å²) in [6, 6.07) is 18.1. The summed E-state index contributed by atoms with van der Waals surface area (Å²) in [5.41, 5.74) is 3.03. The molecule has 0 radical (unpaired) electrons. The zero-order chi connectivity index (χ0) is 18.1. The number of halogens is 1. The van der Waals surface area contributed by atoms with Crippen molar-refractivity contribution in [2.45, 2.75) is 25.8 Å². The van der Waals surface area contributed by atoms with Gasteiger partial charge in [-0.15, -0.1) is 0 Å². The molecule has 4 rings (SSSR count). The Morgan fingerprint density at radius 2 is 1.85 bits per heavy atom. The van der Waals surface area contributed by atoms with Crippen LogP contribution in [0, 0.1) is 18.7 Å². The summed E-state index contributed by atoms with van der Waals surface area (Å²) >= 11 is 0. The lowest BCUT2D eigenvalue weighted by molar-refractivity contribution is -0.120. The highest BCUT2D eigenvalue weighted by Gasteiger charge is 2.46. The number of carbonyl (C=O) groups excluding carboxylic acids is 1. The average molecular weight is 349 g/mol. The van der Waals surface area contributed by atoms with E-state index in [1.807, 2.05) is 43.3 Å². The predicted molar refractivity (Wildman–Crippen MR) is 98.3 cm³/mol. The van der Waals surface area contributed by atoms with Gasteiger partial charge in [0, 0.05) is 11.6 Å². The van der Waals surface area contributed by atoms with Gasteiger partial charge in [-0.2, -0.15) is 0 Å². The number of nitrogens with zero attached hydrogens (tertiary/aromatic N) is 1. The lowest BCUT2D eigenvalue weighted by atomic mass is 10.1. The van der Waals surface area contributed by atoms with E-state index in [4.69, 9.17) is 4.42 Å². The van der Waals surface area contributed by atoms with Crippen molar-refractivity contribution in [3.8, 4) is 0 Å². The number of benzene rings is 2. The minimum absolute atomic E-state index is 0.0725. The van der Waals surface area contributed by atoms with Crippen molar-refractivity contribution in [3.63, 3.8) is 0 Å². The van der Waals surface area contributed by atoms with E-state index >= 15 is 0 Å².